The second kappa shape index (κ2) is 7.60. The molecule has 1 atom stereocenters. The van der Waals surface area contributed by atoms with Gasteiger partial charge in [0.2, 0.25) is 11.7 Å². The van der Waals surface area contributed by atoms with Gasteiger partial charge in [0.15, 0.2) is 6.10 Å². The molecule has 0 aliphatic rings. The molecule has 4 rings (SSSR count). The summed E-state index contributed by atoms with van der Waals surface area (Å²) in [5.74, 6) is 0.717. The predicted molar refractivity (Wildman–Crippen MR) is 106 cm³/mol. The van der Waals surface area contributed by atoms with Gasteiger partial charge in [-0.1, -0.05) is 11.6 Å². The van der Waals surface area contributed by atoms with Crippen LogP contribution in [0.3, 0.4) is 0 Å². The summed E-state index contributed by atoms with van der Waals surface area (Å²) in [5.41, 5.74) is 1.95. The maximum atomic E-state index is 12.6. The Balaban J connectivity index is 1.52. The highest BCUT2D eigenvalue weighted by Crippen LogP contribution is 2.30. The maximum absolute atomic E-state index is 12.6. The lowest BCUT2D eigenvalue weighted by Gasteiger charge is -2.08. The molecular weight excluding hydrogens is 396 g/mol. The van der Waals surface area contributed by atoms with Crippen LogP contribution in [0.15, 0.2) is 51.3 Å². The molecule has 4 aromatic rings. The first-order valence-electron chi connectivity index (χ1n) is 8.83. The second-order valence-corrected chi connectivity index (χ2v) is 6.85. The van der Waals surface area contributed by atoms with E-state index in [2.05, 4.69) is 10.2 Å². The number of benzene rings is 2. The lowest BCUT2D eigenvalue weighted by molar-refractivity contribution is 0.0245. The summed E-state index contributed by atoms with van der Waals surface area (Å²) in [6.45, 7) is 3.43. The van der Waals surface area contributed by atoms with Gasteiger partial charge < -0.3 is 18.3 Å². The van der Waals surface area contributed by atoms with Gasteiger partial charge >= 0.3 is 5.97 Å². The van der Waals surface area contributed by atoms with Crippen LogP contribution in [0.2, 0.25) is 5.02 Å². The van der Waals surface area contributed by atoms with E-state index >= 15 is 0 Å². The van der Waals surface area contributed by atoms with Crippen LogP contribution < -0.4 is 4.74 Å². The van der Waals surface area contributed by atoms with Crippen molar-refractivity contribution in [2.75, 3.05) is 7.11 Å². The minimum atomic E-state index is -0.752. The first-order chi connectivity index (χ1) is 14.0. The molecule has 148 valence electrons. The van der Waals surface area contributed by atoms with Crippen molar-refractivity contribution < 1.29 is 23.1 Å². The third-order valence-electron chi connectivity index (χ3n) is 4.49. The van der Waals surface area contributed by atoms with Gasteiger partial charge in [0, 0.05) is 21.5 Å². The Morgan fingerprint density at radius 1 is 1.10 bits per heavy atom. The SMILES string of the molecule is COc1ccc(-c2nnc([C@H](C)OC(=O)c3oc4ccc(Cl)cc4c3C)o2)cc1. The fraction of sp³-hybridized carbons (Fsp3) is 0.190. The molecule has 2 aromatic carbocycles. The van der Waals surface area contributed by atoms with Crippen molar-refractivity contribution in [2.45, 2.75) is 20.0 Å². The Bertz CT molecular complexity index is 1180. The minimum Gasteiger partial charge on any atom is -0.497 e. The summed E-state index contributed by atoms with van der Waals surface area (Å²) >= 11 is 6.02. The van der Waals surface area contributed by atoms with Gasteiger partial charge in [0.1, 0.15) is 11.3 Å². The fourth-order valence-electron chi connectivity index (χ4n) is 2.90. The average molecular weight is 413 g/mol. The third kappa shape index (κ3) is 3.69. The molecule has 0 unspecified atom stereocenters. The number of esters is 1. The number of fused-ring (bicyclic) bond motifs is 1. The number of rotatable bonds is 5. The van der Waals surface area contributed by atoms with E-state index in [-0.39, 0.29) is 11.7 Å². The largest absolute Gasteiger partial charge is 0.497 e. The highest BCUT2D eigenvalue weighted by atomic mass is 35.5. The number of aryl methyl sites for hydroxylation is 1. The van der Waals surface area contributed by atoms with E-state index < -0.39 is 12.1 Å². The van der Waals surface area contributed by atoms with Gasteiger partial charge in [-0.2, -0.15) is 0 Å². The normalized spacial score (nSPS) is 12.1. The predicted octanol–water partition coefficient (Wildman–Crippen LogP) is 5.37. The standard InChI is InChI=1S/C21H17ClN2O5/c1-11-16-10-14(22)6-9-17(16)28-18(11)21(25)27-12(2)19-23-24-20(29-19)13-4-7-15(26-3)8-5-13/h4-10,12H,1-3H3/t12-/m0/s1. The summed E-state index contributed by atoms with van der Waals surface area (Å²) in [7, 11) is 1.59. The van der Waals surface area contributed by atoms with Crippen LogP contribution in [-0.4, -0.2) is 23.3 Å². The molecule has 2 aromatic heterocycles. The molecule has 0 fully saturated rings. The van der Waals surface area contributed by atoms with E-state index in [0.29, 0.717) is 22.1 Å². The molecule has 0 radical (unpaired) electrons. The number of nitrogens with zero attached hydrogens (tertiary/aromatic N) is 2. The summed E-state index contributed by atoms with van der Waals surface area (Å²) in [6, 6.07) is 12.3. The smallest absolute Gasteiger partial charge is 0.375 e. The van der Waals surface area contributed by atoms with Gasteiger partial charge in [-0.3, -0.25) is 0 Å². The summed E-state index contributed by atoms with van der Waals surface area (Å²) < 4.78 is 21.9. The van der Waals surface area contributed by atoms with E-state index in [1.54, 1.807) is 63.4 Å². The van der Waals surface area contributed by atoms with Crippen molar-refractivity contribution in [3.05, 3.63) is 64.7 Å². The number of hydrogen-bond acceptors (Lipinski definition) is 7. The quantitative estimate of drug-likeness (QED) is 0.407. The van der Waals surface area contributed by atoms with Crippen molar-refractivity contribution in [3.8, 4) is 17.2 Å². The minimum absolute atomic E-state index is 0.115. The maximum Gasteiger partial charge on any atom is 0.375 e. The number of furan rings is 1. The highest BCUT2D eigenvalue weighted by Gasteiger charge is 2.24. The lowest BCUT2D eigenvalue weighted by atomic mass is 10.1. The summed E-state index contributed by atoms with van der Waals surface area (Å²) in [4.78, 5) is 12.6. The molecule has 0 N–H and O–H groups in total. The number of halogens is 1. The number of hydrogen-bond donors (Lipinski definition) is 0. The van der Waals surface area contributed by atoms with Crippen molar-refractivity contribution in [3.63, 3.8) is 0 Å². The van der Waals surface area contributed by atoms with Crippen LogP contribution in [0.25, 0.3) is 22.4 Å². The van der Waals surface area contributed by atoms with Gasteiger partial charge in [-0.05, 0) is 56.3 Å². The third-order valence-corrected chi connectivity index (χ3v) is 4.73. The topological polar surface area (TPSA) is 87.6 Å². The zero-order chi connectivity index (χ0) is 20.5. The molecule has 0 amide bonds. The Hall–Kier alpha value is -3.32. The number of carbonyl (C=O) groups excluding carboxylic acids is 1. The van der Waals surface area contributed by atoms with Crippen molar-refractivity contribution in [1.29, 1.82) is 0 Å². The number of aromatic nitrogens is 2. The highest BCUT2D eigenvalue weighted by molar-refractivity contribution is 6.31. The van der Waals surface area contributed by atoms with Crippen molar-refractivity contribution >= 4 is 28.5 Å². The van der Waals surface area contributed by atoms with Gasteiger partial charge in [-0.15, -0.1) is 10.2 Å². The van der Waals surface area contributed by atoms with Crippen LogP contribution in [0, 0.1) is 6.92 Å². The van der Waals surface area contributed by atoms with E-state index in [1.807, 2.05) is 0 Å². The molecule has 0 aliphatic heterocycles. The number of ether oxygens (including phenoxy) is 2. The Morgan fingerprint density at radius 3 is 2.59 bits per heavy atom. The number of carbonyl (C=O) groups is 1. The Kier molecular flexibility index (Phi) is 4.98. The van der Waals surface area contributed by atoms with Crippen LogP contribution in [0.4, 0.5) is 0 Å². The lowest BCUT2D eigenvalue weighted by Crippen LogP contribution is -2.09. The van der Waals surface area contributed by atoms with Crippen LogP contribution in [0.5, 0.6) is 5.75 Å². The molecule has 0 saturated carbocycles. The Labute approximate surface area is 171 Å². The molecule has 0 spiro atoms. The van der Waals surface area contributed by atoms with E-state index in [0.717, 1.165) is 16.7 Å². The molecule has 0 aliphatic carbocycles. The van der Waals surface area contributed by atoms with Crippen LogP contribution >= 0.6 is 11.6 Å². The average Bonchev–Trinajstić information content (AvgIpc) is 3.34. The van der Waals surface area contributed by atoms with Gasteiger partial charge in [0.25, 0.3) is 5.89 Å². The number of methoxy groups -OCH3 is 1. The molecule has 7 nitrogen and oxygen atoms in total. The summed E-state index contributed by atoms with van der Waals surface area (Å²) in [5, 5.41) is 9.33. The second-order valence-electron chi connectivity index (χ2n) is 6.42. The zero-order valence-corrected chi connectivity index (χ0v) is 16.7. The molecule has 2 heterocycles. The van der Waals surface area contributed by atoms with Crippen LogP contribution in [-0.2, 0) is 4.74 Å². The van der Waals surface area contributed by atoms with E-state index in [1.165, 1.54) is 0 Å². The molecule has 0 saturated heterocycles. The molecule has 8 heteroatoms. The monoisotopic (exact) mass is 412 g/mol. The molecular formula is C21H17ClN2O5. The molecule has 29 heavy (non-hydrogen) atoms. The fourth-order valence-corrected chi connectivity index (χ4v) is 3.07. The van der Waals surface area contributed by atoms with Gasteiger partial charge in [-0.25, -0.2) is 4.79 Å². The first-order valence-corrected chi connectivity index (χ1v) is 9.21. The van der Waals surface area contributed by atoms with Gasteiger partial charge in [0.05, 0.1) is 7.11 Å². The Morgan fingerprint density at radius 2 is 1.86 bits per heavy atom. The zero-order valence-electron chi connectivity index (χ0n) is 15.9. The first kappa shape index (κ1) is 19.0. The summed E-state index contributed by atoms with van der Waals surface area (Å²) in [6.07, 6.45) is -0.752. The van der Waals surface area contributed by atoms with Crippen LogP contribution in [0.1, 0.15) is 35.0 Å². The van der Waals surface area contributed by atoms with E-state index in [4.69, 9.17) is 29.9 Å². The van der Waals surface area contributed by atoms with E-state index in [9.17, 15) is 4.79 Å². The van der Waals surface area contributed by atoms with Crippen molar-refractivity contribution in [1.82, 2.24) is 10.2 Å². The van der Waals surface area contributed by atoms with Crippen molar-refractivity contribution in [2.24, 2.45) is 0 Å². The molecule has 0 bridgehead atoms.